The van der Waals surface area contributed by atoms with Crippen LogP contribution >= 0.6 is 11.8 Å². The van der Waals surface area contributed by atoms with Crippen molar-refractivity contribution < 1.29 is 59.7 Å². The van der Waals surface area contributed by atoms with E-state index in [4.69, 9.17) is 64.4 Å². The lowest BCUT2D eigenvalue weighted by atomic mass is 10.0. The van der Waals surface area contributed by atoms with Crippen LogP contribution in [-0.4, -0.2) is 114 Å². The van der Waals surface area contributed by atoms with Gasteiger partial charge in [0.1, 0.15) is 36.0 Å². The predicted molar refractivity (Wildman–Crippen MR) is 190 cm³/mol. The van der Waals surface area contributed by atoms with Crippen LogP contribution < -0.4 is 28.7 Å². The van der Waals surface area contributed by atoms with Gasteiger partial charge in [-0.3, -0.25) is 24.0 Å². The molecule has 284 valence electrons. The fourth-order valence-electron chi connectivity index (χ4n) is 2.87. The van der Waals surface area contributed by atoms with Gasteiger partial charge in [0.2, 0.25) is 0 Å². The number of aliphatic hydroxyl groups excluding tert-OH is 1. The number of carboxylic acid groups (broad SMARTS) is 5. The maximum absolute atomic E-state index is 10.4. The van der Waals surface area contributed by atoms with Crippen LogP contribution in [0.3, 0.4) is 0 Å². The lowest BCUT2D eigenvalue weighted by Crippen LogP contribution is -2.36. The molecule has 0 aliphatic carbocycles. The Bertz CT molecular complexity index is 1240. The standard InChI is InChI=1S/C9H11NO3.C9H11NO2.C6H13NO2.C5H11NO2S.C3H7NO3/c10-8(9(12)13)5-6-1-3-7(11)4-2-6;10-8(9(11)12)6-7-4-2-1-3-5-7;1-3-4(2)5(7)6(8)9;1-9-3-2-4(6)5(7)8;4-2(1-5)3(6)7/h1-4,8,11H,5,10H2,(H,12,13);1-5,8H,6,10H2,(H,11,12);4-5H,3,7H2,1-2H3,(H,8,9);4H,2-3,6H2,1H3,(H,7,8);2,5H,1,4H2,(H,6,7). The number of carboxylic acids is 5. The minimum absolute atomic E-state index is 0.0718. The number of aliphatic carboxylic acids is 5. The van der Waals surface area contributed by atoms with Gasteiger partial charge in [-0.15, -0.1) is 0 Å². The molecule has 0 amide bonds. The van der Waals surface area contributed by atoms with Gasteiger partial charge in [0.05, 0.1) is 6.61 Å². The van der Waals surface area contributed by atoms with Crippen molar-refractivity contribution in [2.45, 2.75) is 69.7 Å². The summed E-state index contributed by atoms with van der Waals surface area (Å²) < 4.78 is 0. The smallest absolute Gasteiger partial charge is 0.322 e. The van der Waals surface area contributed by atoms with E-state index in [9.17, 15) is 24.0 Å². The minimum Gasteiger partial charge on any atom is -0.508 e. The molecule has 50 heavy (non-hydrogen) atoms. The van der Waals surface area contributed by atoms with Crippen LogP contribution in [0, 0.1) is 5.92 Å². The van der Waals surface area contributed by atoms with Crippen LogP contribution in [0.15, 0.2) is 54.6 Å². The van der Waals surface area contributed by atoms with Crippen LogP contribution in [0.1, 0.15) is 37.8 Å². The first kappa shape index (κ1) is 50.1. The first-order valence-electron chi connectivity index (χ1n) is 15.1. The molecule has 2 aromatic carbocycles. The average molecular weight is 732 g/mol. The van der Waals surface area contributed by atoms with E-state index in [0.29, 0.717) is 12.8 Å². The molecular weight excluding hydrogens is 678 g/mol. The van der Waals surface area contributed by atoms with E-state index in [1.807, 2.05) is 50.4 Å². The molecule has 18 heteroatoms. The molecule has 0 aliphatic rings. The van der Waals surface area contributed by atoms with Crippen LogP contribution in [0.4, 0.5) is 0 Å². The third-order valence-corrected chi connectivity index (χ3v) is 6.97. The van der Waals surface area contributed by atoms with Crippen molar-refractivity contribution in [1.82, 2.24) is 0 Å². The number of aromatic hydroxyl groups is 1. The number of phenols is 1. The zero-order valence-corrected chi connectivity index (χ0v) is 29.2. The maximum Gasteiger partial charge on any atom is 0.322 e. The Morgan fingerprint density at radius 2 is 1.04 bits per heavy atom. The summed E-state index contributed by atoms with van der Waals surface area (Å²) in [5.74, 6) is -3.94. The summed E-state index contributed by atoms with van der Waals surface area (Å²) >= 11 is 1.60. The van der Waals surface area contributed by atoms with Crippen molar-refractivity contribution in [3.05, 3.63) is 65.7 Å². The van der Waals surface area contributed by atoms with Gasteiger partial charge in [-0.05, 0) is 60.4 Å². The summed E-state index contributed by atoms with van der Waals surface area (Å²) in [6.07, 6.45) is 3.95. The summed E-state index contributed by atoms with van der Waals surface area (Å²) in [6, 6.07) is 11.5. The van der Waals surface area contributed by atoms with Gasteiger partial charge in [0, 0.05) is 0 Å². The van der Waals surface area contributed by atoms with Crippen molar-refractivity contribution >= 4 is 41.6 Å². The number of thioether (sulfide) groups is 1. The monoisotopic (exact) mass is 731 g/mol. The SMILES string of the molecule is CCC(C)C(N)C(=O)O.CSCCC(N)C(=O)O.NC(CO)C(=O)O.NC(Cc1ccc(O)cc1)C(=O)O.NC(Cc1ccccc1)C(=O)O. The molecule has 17 N–H and O–H groups in total. The van der Waals surface area contributed by atoms with E-state index < -0.39 is 66.7 Å². The lowest BCUT2D eigenvalue weighted by molar-refractivity contribution is -0.140. The highest BCUT2D eigenvalue weighted by molar-refractivity contribution is 7.98. The number of nitrogens with two attached hydrogens (primary N) is 5. The molecule has 6 unspecified atom stereocenters. The second-order valence-corrected chi connectivity index (χ2v) is 11.5. The Morgan fingerprint density at radius 3 is 1.32 bits per heavy atom. The summed E-state index contributed by atoms with van der Waals surface area (Å²) in [5, 5.41) is 58.5. The Morgan fingerprint density at radius 1 is 0.640 bits per heavy atom. The molecular formula is C32H53N5O12S. The topological polar surface area (TPSA) is 357 Å². The van der Waals surface area contributed by atoms with E-state index in [1.54, 1.807) is 23.9 Å². The van der Waals surface area contributed by atoms with Crippen molar-refractivity contribution in [3.8, 4) is 5.75 Å². The van der Waals surface area contributed by atoms with Crippen molar-refractivity contribution in [2.24, 2.45) is 34.6 Å². The van der Waals surface area contributed by atoms with E-state index in [1.165, 1.54) is 12.1 Å². The third-order valence-electron chi connectivity index (χ3n) is 6.33. The van der Waals surface area contributed by atoms with Gasteiger partial charge in [0.25, 0.3) is 0 Å². The zero-order valence-electron chi connectivity index (χ0n) is 28.4. The van der Waals surface area contributed by atoms with Crippen LogP contribution in [0.2, 0.25) is 0 Å². The van der Waals surface area contributed by atoms with Gasteiger partial charge < -0.3 is 64.4 Å². The van der Waals surface area contributed by atoms with E-state index in [0.717, 1.165) is 23.3 Å². The van der Waals surface area contributed by atoms with Gasteiger partial charge in [-0.1, -0.05) is 62.7 Å². The highest BCUT2D eigenvalue weighted by atomic mass is 32.2. The van der Waals surface area contributed by atoms with Gasteiger partial charge in [0.15, 0.2) is 0 Å². The second-order valence-electron chi connectivity index (χ2n) is 10.6. The minimum atomic E-state index is -1.18. The molecule has 0 spiro atoms. The van der Waals surface area contributed by atoms with Gasteiger partial charge in [-0.2, -0.15) is 11.8 Å². The Kier molecular flexibility index (Phi) is 29.7. The maximum atomic E-state index is 10.4. The first-order chi connectivity index (χ1) is 23.2. The zero-order chi connectivity index (χ0) is 39.4. The summed E-state index contributed by atoms with van der Waals surface area (Å²) in [5.41, 5.74) is 27.7. The van der Waals surface area contributed by atoms with Crippen LogP contribution in [0.25, 0.3) is 0 Å². The molecule has 0 saturated heterocycles. The Hall–Kier alpha value is -4.30. The normalized spacial score (nSPS) is 13.5. The second kappa shape index (κ2) is 29.6. The highest BCUT2D eigenvalue weighted by Crippen LogP contribution is 2.10. The molecule has 2 aromatic rings. The number of aliphatic hydroxyl groups is 1. The number of phenolic OH excluding ortho intramolecular Hbond substituents is 1. The molecule has 2 rings (SSSR count). The molecule has 0 bridgehead atoms. The fourth-order valence-corrected chi connectivity index (χ4v) is 3.36. The molecule has 0 aromatic heterocycles. The molecule has 0 saturated carbocycles. The van der Waals surface area contributed by atoms with E-state index >= 15 is 0 Å². The number of hydrogen-bond acceptors (Lipinski definition) is 13. The number of rotatable bonds is 15. The average Bonchev–Trinajstić information content (AvgIpc) is 3.08. The molecule has 0 fully saturated rings. The van der Waals surface area contributed by atoms with E-state index in [2.05, 4.69) is 0 Å². The van der Waals surface area contributed by atoms with Crippen molar-refractivity contribution in [2.75, 3.05) is 18.6 Å². The Balaban J connectivity index is -0.000000563. The van der Waals surface area contributed by atoms with Crippen molar-refractivity contribution in [1.29, 1.82) is 0 Å². The number of hydrogen-bond donors (Lipinski definition) is 12. The van der Waals surface area contributed by atoms with Crippen LogP contribution in [-0.2, 0) is 36.8 Å². The lowest BCUT2D eigenvalue weighted by Gasteiger charge is -2.11. The number of carbonyl (C=O) groups is 5. The summed E-state index contributed by atoms with van der Waals surface area (Å²) in [6.45, 7) is 3.25. The molecule has 6 atom stereocenters. The predicted octanol–water partition coefficient (Wildman–Crippen LogP) is -0.0260. The van der Waals surface area contributed by atoms with Gasteiger partial charge in [-0.25, -0.2) is 0 Å². The largest absolute Gasteiger partial charge is 0.508 e. The third kappa shape index (κ3) is 27.6. The van der Waals surface area contributed by atoms with E-state index in [-0.39, 0.29) is 18.1 Å². The van der Waals surface area contributed by atoms with Crippen molar-refractivity contribution in [3.63, 3.8) is 0 Å². The quantitative estimate of drug-likeness (QED) is 0.114. The van der Waals surface area contributed by atoms with Crippen LogP contribution in [0.5, 0.6) is 5.75 Å². The first-order valence-corrected chi connectivity index (χ1v) is 16.5. The molecule has 0 heterocycles. The molecule has 0 radical (unpaired) electrons. The highest BCUT2D eigenvalue weighted by Gasteiger charge is 2.17. The summed E-state index contributed by atoms with van der Waals surface area (Å²) in [4.78, 5) is 50.7. The molecule has 17 nitrogen and oxygen atoms in total. The fraction of sp³-hybridized carbons (Fsp3) is 0.469. The summed E-state index contributed by atoms with van der Waals surface area (Å²) in [7, 11) is 0. The number of benzene rings is 2. The molecule has 0 aliphatic heterocycles. The Labute approximate surface area is 295 Å². The van der Waals surface area contributed by atoms with Gasteiger partial charge >= 0.3 is 29.8 Å².